The summed E-state index contributed by atoms with van der Waals surface area (Å²) in [7, 11) is 0. The zero-order valence-corrected chi connectivity index (χ0v) is 20.0. The average molecular weight is 530 g/mol. The lowest BCUT2D eigenvalue weighted by atomic mass is 10.0. The number of anilines is 1. The van der Waals surface area contributed by atoms with Gasteiger partial charge in [-0.05, 0) is 40.6 Å². The number of halogens is 4. The van der Waals surface area contributed by atoms with Crippen molar-refractivity contribution >= 4 is 28.1 Å². The summed E-state index contributed by atoms with van der Waals surface area (Å²) in [6.07, 6.45) is -3.16. The topological polar surface area (TPSA) is 77.1 Å². The Kier molecular flexibility index (Phi) is 5.82. The highest BCUT2D eigenvalue weighted by Crippen LogP contribution is 2.33. The fourth-order valence-corrected chi connectivity index (χ4v) is 4.30. The smallest absolute Gasteiger partial charge is 0.304 e. The van der Waals surface area contributed by atoms with Gasteiger partial charge in [0.25, 0.3) is 5.91 Å². The van der Waals surface area contributed by atoms with Gasteiger partial charge in [0, 0.05) is 23.9 Å². The number of alkyl halides is 3. The number of nitrogens with zero attached hydrogens (tertiary/aromatic N) is 5. The maximum atomic E-state index is 14.0. The number of nitrogens with one attached hydrogen (secondary N) is 1. The molecule has 0 fully saturated rings. The van der Waals surface area contributed by atoms with E-state index in [2.05, 4.69) is 20.5 Å². The number of rotatable bonds is 5. The van der Waals surface area contributed by atoms with Gasteiger partial charge in [0.15, 0.2) is 22.9 Å². The van der Waals surface area contributed by atoms with Gasteiger partial charge in [0.1, 0.15) is 5.82 Å². The number of hydrogen-bond acceptors (Lipinski definition) is 4. The first kappa shape index (κ1) is 24.3. The number of amides is 1. The van der Waals surface area contributed by atoms with Crippen molar-refractivity contribution in [1.82, 2.24) is 24.4 Å². The highest BCUT2D eigenvalue weighted by molar-refractivity contribution is 6.03. The predicted octanol–water partition coefficient (Wildman–Crippen LogP) is 6.20. The summed E-state index contributed by atoms with van der Waals surface area (Å²) < 4.78 is 57.6. The first-order valence-electron chi connectivity index (χ1n) is 11.8. The molecule has 1 N–H and O–H groups in total. The van der Waals surface area contributed by atoms with Crippen LogP contribution in [0.15, 0.2) is 91.1 Å². The molecule has 11 heteroatoms. The summed E-state index contributed by atoms with van der Waals surface area (Å²) in [5.74, 6) is -0.971. The van der Waals surface area contributed by atoms with E-state index in [-0.39, 0.29) is 35.2 Å². The molecule has 3 heterocycles. The van der Waals surface area contributed by atoms with E-state index >= 15 is 0 Å². The zero-order chi connectivity index (χ0) is 27.1. The number of carbonyl (C=O) groups is 1. The number of hydrogen-bond donors (Lipinski definition) is 1. The van der Waals surface area contributed by atoms with Gasteiger partial charge in [-0.3, -0.25) is 9.48 Å². The van der Waals surface area contributed by atoms with Gasteiger partial charge in [-0.25, -0.2) is 13.9 Å². The number of carbonyl (C=O) groups excluding carboxylic acids is 1. The van der Waals surface area contributed by atoms with Gasteiger partial charge < -0.3 is 5.32 Å². The number of benzene rings is 3. The van der Waals surface area contributed by atoms with Crippen LogP contribution in [0.4, 0.5) is 23.4 Å². The van der Waals surface area contributed by atoms with Gasteiger partial charge in [-0.1, -0.05) is 48.5 Å². The molecule has 0 bridgehead atoms. The van der Waals surface area contributed by atoms with Crippen LogP contribution in [-0.4, -0.2) is 30.3 Å². The molecule has 6 rings (SSSR count). The molecular formula is C28H18F4N6O. The lowest BCUT2D eigenvalue weighted by Gasteiger charge is -2.11. The molecule has 3 aromatic heterocycles. The molecule has 0 atom stereocenters. The molecule has 6 aromatic rings. The quantitative estimate of drug-likeness (QED) is 0.269. The summed E-state index contributed by atoms with van der Waals surface area (Å²) in [5, 5.41) is 12.4. The lowest BCUT2D eigenvalue weighted by Crippen LogP contribution is -2.16. The van der Waals surface area contributed by atoms with Crippen LogP contribution in [-0.2, 0) is 12.7 Å². The monoisotopic (exact) mass is 530 g/mol. The Morgan fingerprint density at radius 1 is 0.872 bits per heavy atom. The van der Waals surface area contributed by atoms with Crippen molar-refractivity contribution in [2.75, 3.05) is 5.32 Å². The molecule has 0 unspecified atom stereocenters. The van der Waals surface area contributed by atoms with Gasteiger partial charge in [-0.15, -0.1) is 0 Å². The standard InChI is InChI=1S/C28H18F4N6O/c29-21-7-3-4-17(12-21)16-37-11-10-25(36-37)34-27(39)23-15-26-33-22(14-24(28(30,31)32)38(26)35-23)20-9-8-18-5-1-2-6-19(18)13-20/h1-15H,16H2,(H,34,36,39). The second-order valence-electron chi connectivity index (χ2n) is 8.87. The van der Waals surface area contributed by atoms with Crippen molar-refractivity contribution < 1.29 is 22.4 Å². The molecular weight excluding hydrogens is 512 g/mol. The highest BCUT2D eigenvalue weighted by atomic mass is 19.4. The summed E-state index contributed by atoms with van der Waals surface area (Å²) in [4.78, 5) is 17.2. The summed E-state index contributed by atoms with van der Waals surface area (Å²) in [6, 6.07) is 22.4. The van der Waals surface area contributed by atoms with E-state index in [9.17, 15) is 22.4 Å². The average Bonchev–Trinajstić information content (AvgIpc) is 3.54. The van der Waals surface area contributed by atoms with Gasteiger partial charge in [0.05, 0.1) is 12.2 Å². The maximum absolute atomic E-state index is 14.0. The normalized spacial score (nSPS) is 11.8. The molecule has 0 spiro atoms. The SMILES string of the molecule is O=C(Nc1ccn(Cc2cccc(F)c2)n1)c1cc2nc(-c3ccc4ccccc4c3)cc(C(F)(F)F)n2n1. The van der Waals surface area contributed by atoms with E-state index in [4.69, 9.17) is 0 Å². The molecule has 1 amide bonds. The minimum absolute atomic E-state index is 0.100. The Hall–Kier alpha value is -5.06. The third kappa shape index (κ3) is 4.93. The summed E-state index contributed by atoms with van der Waals surface area (Å²) in [5.41, 5.74) is -0.183. The lowest BCUT2D eigenvalue weighted by molar-refractivity contribution is -0.142. The Morgan fingerprint density at radius 2 is 1.69 bits per heavy atom. The molecule has 39 heavy (non-hydrogen) atoms. The van der Waals surface area contributed by atoms with Crippen LogP contribution >= 0.6 is 0 Å². The third-order valence-corrected chi connectivity index (χ3v) is 6.11. The number of aromatic nitrogens is 5. The van der Waals surface area contributed by atoms with Crippen molar-refractivity contribution in [3.63, 3.8) is 0 Å². The fourth-order valence-electron chi connectivity index (χ4n) is 4.30. The number of fused-ring (bicyclic) bond motifs is 2. The van der Waals surface area contributed by atoms with E-state index in [0.717, 1.165) is 16.8 Å². The van der Waals surface area contributed by atoms with Crippen LogP contribution < -0.4 is 5.32 Å². The van der Waals surface area contributed by atoms with Crippen molar-refractivity contribution in [1.29, 1.82) is 0 Å². The fraction of sp³-hybridized carbons (Fsp3) is 0.0714. The molecule has 7 nitrogen and oxygen atoms in total. The van der Waals surface area contributed by atoms with Gasteiger partial charge in [0.2, 0.25) is 0 Å². The second kappa shape index (κ2) is 9.35. The highest BCUT2D eigenvalue weighted by Gasteiger charge is 2.35. The molecule has 0 saturated heterocycles. The molecule has 3 aromatic carbocycles. The Labute approximate surface area is 218 Å². The molecule has 0 aliphatic rings. The maximum Gasteiger partial charge on any atom is 0.433 e. The molecule has 0 radical (unpaired) electrons. The molecule has 0 aliphatic carbocycles. The zero-order valence-electron chi connectivity index (χ0n) is 20.0. The van der Waals surface area contributed by atoms with Crippen LogP contribution in [0.25, 0.3) is 27.7 Å². The van der Waals surface area contributed by atoms with Crippen LogP contribution in [0.2, 0.25) is 0 Å². The summed E-state index contributed by atoms with van der Waals surface area (Å²) >= 11 is 0. The van der Waals surface area contributed by atoms with Gasteiger partial charge >= 0.3 is 6.18 Å². The first-order chi connectivity index (χ1) is 18.7. The molecule has 194 valence electrons. The Balaban J connectivity index is 1.30. The van der Waals surface area contributed by atoms with Crippen LogP contribution in [0.5, 0.6) is 0 Å². The summed E-state index contributed by atoms with van der Waals surface area (Å²) in [6.45, 7) is 0.262. The van der Waals surface area contributed by atoms with Crippen molar-refractivity contribution in [2.24, 2.45) is 0 Å². The second-order valence-corrected chi connectivity index (χ2v) is 8.87. The predicted molar refractivity (Wildman–Crippen MR) is 137 cm³/mol. The van der Waals surface area contributed by atoms with Crippen LogP contribution in [0.1, 0.15) is 21.7 Å². The van der Waals surface area contributed by atoms with Gasteiger partial charge in [-0.2, -0.15) is 23.4 Å². The minimum Gasteiger partial charge on any atom is -0.304 e. The van der Waals surface area contributed by atoms with E-state index in [1.54, 1.807) is 30.5 Å². The Bertz CT molecular complexity index is 1860. The van der Waals surface area contributed by atoms with E-state index in [1.807, 2.05) is 30.3 Å². The molecule has 0 aliphatic heterocycles. The van der Waals surface area contributed by atoms with E-state index in [0.29, 0.717) is 15.6 Å². The van der Waals surface area contributed by atoms with Crippen molar-refractivity contribution in [3.05, 3.63) is 114 Å². The third-order valence-electron chi connectivity index (χ3n) is 6.11. The largest absolute Gasteiger partial charge is 0.433 e. The van der Waals surface area contributed by atoms with Crippen molar-refractivity contribution in [3.8, 4) is 11.3 Å². The van der Waals surface area contributed by atoms with Crippen LogP contribution in [0.3, 0.4) is 0 Å². The van der Waals surface area contributed by atoms with Crippen LogP contribution in [0, 0.1) is 5.82 Å². The molecule has 0 saturated carbocycles. The van der Waals surface area contributed by atoms with E-state index in [1.165, 1.54) is 28.9 Å². The minimum atomic E-state index is -4.75. The Morgan fingerprint density at radius 3 is 2.49 bits per heavy atom. The van der Waals surface area contributed by atoms with Crippen molar-refractivity contribution in [2.45, 2.75) is 12.7 Å². The first-order valence-corrected chi connectivity index (χ1v) is 11.8. The van der Waals surface area contributed by atoms with E-state index < -0.39 is 17.8 Å².